The van der Waals surface area contributed by atoms with Gasteiger partial charge in [-0.1, -0.05) is 48.5 Å². The van der Waals surface area contributed by atoms with Crippen LogP contribution in [0, 0.1) is 17.2 Å². The highest BCUT2D eigenvalue weighted by atomic mass is 32.1. The molecule has 1 atom stereocenters. The first kappa shape index (κ1) is 20.2. The van der Waals surface area contributed by atoms with Gasteiger partial charge >= 0.3 is 5.97 Å². The van der Waals surface area contributed by atoms with E-state index in [-0.39, 0.29) is 12.3 Å². The molecule has 0 aliphatic rings. The lowest BCUT2D eigenvalue weighted by molar-refractivity contribution is -0.140. The summed E-state index contributed by atoms with van der Waals surface area (Å²) in [5.74, 6) is -2.01. The minimum absolute atomic E-state index is 0.256. The number of anilines is 1. The third-order valence-electron chi connectivity index (χ3n) is 4.53. The second kappa shape index (κ2) is 9.13. The number of nitrogens with zero attached hydrogens (tertiary/aromatic N) is 3. The van der Waals surface area contributed by atoms with E-state index in [0.29, 0.717) is 28.4 Å². The van der Waals surface area contributed by atoms with E-state index in [0.717, 1.165) is 5.56 Å². The normalized spacial score (nSPS) is 11.4. The average Bonchev–Trinajstić information content (AvgIpc) is 3.22. The molecule has 7 heteroatoms. The Morgan fingerprint density at radius 1 is 1.17 bits per heavy atom. The number of amides is 1. The van der Waals surface area contributed by atoms with Crippen LogP contribution in [0.25, 0.3) is 11.3 Å². The number of hydrogen-bond acceptors (Lipinski definition) is 5. The monoisotopic (exact) mass is 405 g/mol. The van der Waals surface area contributed by atoms with Crippen molar-refractivity contribution in [3.8, 4) is 17.3 Å². The van der Waals surface area contributed by atoms with Crippen LogP contribution in [-0.4, -0.2) is 29.0 Å². The Balaban J connectivity index is 1.83. The second-order valence-corrected chi connectivity index (χ2v) is 7.39. The predicted molar refractivity (Wildman–Crippen MR) is 112 cm³/mol. The van der Waals surface area contributed by atoms with E-state index < -0.39 is 11.9 Å². The van der Waals surface area contributed by atoms with Gasteiger partial charge in [0, 0.05) is 18.0 Å². The molecule has 29 heavy (non-hydrogen) atoms. The van der Waals surface area contributed by atoms with E-state index in [1.54, 1.807) is 24.6 Å². The van der Waals surface area contributed by atoms with Crippen LogP contribution in [0.5, 0.6) is 0 Å². The topological polar surface area (TPSA) is 94.3 Å². The first-order valence-electron chi connectivity index (χ1n) is 8.98. The molecule has 3 rings (SSSR count). The molecule has 1 aromatic heterocycles. The van der Waals surface area contributed by atoms with Gasteiger partial charge in [0.25, 0.3) is 0 Å². The molecule has 1 heterocycles. The molecule has 0 saturated carbocycles. The summed E-state index contributed by atoms with van der Waals surface area (Å²) in [6.45, 7) is 0. The average molecular weight is 405 g/mol. The van der Waals surface area contributed by atoms with Crippen molar-refractivity contribution in [3.05, 3.63) is 71.1 Å². The molecule has 0 aliphatic carbocycles. The number of carboxylic acids is 1. The zero-order chi connectivity index (χ0) is 20.8. The molecule has 0 bridgehead atoms. The molecule has 1 unspecified atom stereocenters. The molecule has 1 amide bonds. The lowest BCUT2D eigenvalue weighted by Crippen LogP contribution is -2.35. The van der Waals surface area contributed by atoms with Gasteiger partial charge in [0.15, 0.2) is 5.13 Å². The Labute approximate surface area is 172 Å². The fourth-order valence-electron chi connectivity index (χ4n) is 3.07. The van der Waals surface area contributed by atoms with E-state index in [1.807, 2.05) is 42.5 Å². The largest absolute Gasteiger partial charge is 0.481 e. The fraction of sp³-hybridized carbons (Fsp3) is 0.182. The molecule has 0 aliphatic heterocycles. The molecule has 0 spiro atoms. The molecule has 0 fully saturated rings. The molecule has 1 N–H and O–H groups in total. The summed E-state index contributed by atoms with van der Waals surface area (Å²) in [7, 11) is 1.60. The van der Waals surface area contributed by atoms with Gasteiger partial charge in [-0.2, -0.15) is 5.26 Å². The number of carbonyl (C=O) groups is 2. The van der Waals surface area contributed by atoms with E-state index in [4.69, 9.17) is 0 Å². The summed E-state index contributed by atoms with van der Waals surface area (Å²) in [5.41, 5.74) is 2.72. The molecule has 0 saturated heterocycles. The summed E-state index contributed by atoms with van der Waals surface area (Å²) in [4.78, 5) is 30.2. The van der Waals surface area contributed by atoms with Gasteiger partial charge in [0.2, 0.25) is 5.91 Å². The Morgan fingerprint density at radius 3 is 2.55 bits per heavy atom. The Morgan fingerprint density at radius 2 is 1.86 bits per heavy atom. The van der Waals surface area contributed by atoms with Crippen LogP contribution in [0.4, 0.5) is 5.13 Å². The van der Waals surface area contributed by atoms with E-state index >= 15 is 0 Å². The maximum atomic E-state index is 13.0. The zero-order valence-electron chi connectivity index (χ0n) is 15.8. The SMILES string of the molecule is CN(C(=O)C(CC(=O)O)Cc1ccccc1)c1nc(-c2ccccc2C#N)cs1. The highest BCUT2D eigenvalue weighted by molar-refractivity contribution is 7.14. The molecule has 146 valence electrons. The van der Waals surface area contributed by atoms with Crippen LogP contribution in [0.1, 0.15) is 17.5 Å². The molecular weight excluding hydrogens is 386 g/mol. The highest BCUT2D eigenvalue weighted by Crippen LogP contribution is 2.30. The number of thiazole rings is 1. The number of aromatic nitrogens is 1. The van der Waals surface area contributed by atoms with Crippen LogP contribution in [-0.2, 0) is 16.0 Å². The number of rotatable bonds is 7. The van der Waals surface area contributed by atoms with E-state index in [1.165, 1.54) is 16.2 Å². The van der Waals surface area contributed by atoms with Gasteiger partial charge in [-0.25, -0.2) is 4.98 Å². The van der Waals surface area contributed by atoms with Gasteiger partial charge in [0.1, 0.15) is 0 Å². The van der Waals surface area contributed by atoms with Gasteiger partial charge < -0.3 is 5.11 Å². The molecule has 3 aromatic rings. The number of benzene rings is 2. The van der Waals surface area contributed by atoms with Gasteiger partial charge in [-0.05, 0) is 18.1 Å². The second-order valence-electron chi connectivity index (χ2n) is 6.55. The molecule has 6 nitrogen and oxygen atoms in total. The van der Waals surface area contributed by atoms with Gasteiger partial charge in [-0.3, -0.25) is 14.5 Å². The number of nitriles is 1. The summed E-state index contributed by atoms with van der Waals surface area (Å²) < 4.78 is 0. The quantitative estimate of drug-likeness (QED) is 0.642. The number of aliphatic carboxylic acids is 1. The number of carboxylic acid groups (broad SMARTS) is 1. The maximum Gasteiger partial charge on any atom is 0.304 e. The Kier molecular flexibility index (Phi) is 6.37. The van der Waals surface area contributed by atoms with Crippen molar-refractivity contribution in [3.63, 3.8) is 0 Å². The minimum Gasteiger partial charge on any atom is -0.481 e. The third-order valence-corrected chi connectivity index (χ3v) is 5.45. The lowest BCUT2D eigenvalue weighted by Gasteiger charge is -2.21. The van der Waals surface area contributed by atoms with Crippen molar-refractivity contribution >= 4 is 28.3 Å². The summed E-state index contributed by atoms with van der Waals surface area (Å²) >= 11 is 1.28. The smallest absolute Gasteiger partial charge is 0.304 e. The van der Waals surface area contributed by atoms with E-state index in [9.17, 15) is 20.0 Å². The van der Waals surface area contributed by atoms with E-state index in [2.05, 4.69) is 11.1 Å². The predicted octanol–water partition coefficient (Wildman–Crippen LogP) is 3.98. The first-order chi connectivity index (χ1) is 14.0. The third kappa shape index (κ3) is 4.86. The van der Waals surface area contributed by atoms with Gasteiger partial charge in [-0.15, -0.1) is 11.3 Å². The van der Waals surface area contributed by atoms with Crippen molar-refractivity contribution in [2.24, 2.45) is 5.92 Å². The highest BCUT2D eigenvalue weighted by Gasteiger charge is 2.27. The van der Waals surface area contributed by atoms with Crippen molar-refractivity contribution in [2.45, 2.75) is 12.8 Å². The lowest BCUT2D eigenvalue weighted by atomic mass is 9.95. The van der Waals surface area contributed by atoms with Crippen molar-refractivity contribution < 1.29 is 14.7 Å². The van der Waals surface area contributed by atoms with Crippen LogP contribution in [0.3, 0.4) is 0 Å². The van der Waals surface area contributed by atoms with Gasteiger partial charge in [0.05, 0.1) is 29.7 Å². The zero-order valence-corrected chi connectivity index (χ0v) is 16.6. The maximum absolute atomic E-state index is 13.0. The Hall–Kier alpha value is -3.50. The van der Waals surface area contributed by atoms with Crippen LogP contribution < -0.4 is 4.90 Å². The standard InChI is InChI=1S/C22H19N3O3S/c1-25(21(28)17(12-20(26)27)11-15-7-3-2-4-8-15)22-24-19(14-29-22)18-10-6-5-9-16(18)13-23/h2-10,14,17H,11-12H2,1H3,(H,26,27). The number of carbonyl (C=O) groups excluding carboxylic acids is 1. The summed E-state index contributed by atoms with van der Waals surface area (Å²) in [6.07, 6.45) is 0.0827. The Bertz CT molecular complexity index is 1060. The van der Waals surface area contributed by atoms with Crippen molar-refractivity contribution in [1.82, 2.24) is 4.98 Å². The molecular formula is C22H19N3O3S. The summed E-state index contributed by atoms with van der Waals surface area (Å²) in [6, 6.07) is 18.6. The fourth-order valence-corrected chi connectivity index (χ4v) is 3.87. The first-order valence-corrected chi connectivity index (χ1v) is 9.86. The van der Waals surface area contributed by atoms with Crippen LogP contribution in [0.15, 0.2) is 60.0 Å². The summed E-state index contributed by atoms with van der Waals surface area (Å²) in [5, 5.41) is 20.8. The van der Waals surface area contributed by atoms with Crippen molar-refractivity contribution in [2.75, 3.05) is 11.9 Å². The molecule has 2 aromatic carbocycles. The molecule has 0 radical (unpaired) electrons. The van der Waals surface area contributed by atoms with Crippen LogP contribution >= 0.6 is 11.3 Å². The van der Waals surface area contributed by atoms with Crippen molar-refractivity contribution in [1.29, 1.82) is 5.26 Å². The van der Waals surface area contributed by atoms with Crippen LogP contribution in [0.2, 0.25) is 0 Å². The number of hydrogen-bond donors (Lipinski definition) is 1. The minimum atomic E-state index is -1.02.